The average Bonchev–Trinajstić information content (AvgIpc) is 1.85. The number of halogens is 1. The van der Waals surface area contributed by atoms with Crippen molar-refractivity contribution in [2.45, 2.75) is 36.9 Å². The maximum absolute atomic E-state index is 10.3. The maximum Gasteiger partial charge on any atom is 0.271 e. The van der Waals surface area contributed by atoms with Gasteiger partial charge in [0, 0.05) is 18.3 Å². The van der Waals surface area contributed by atoms with Gasteiger partial charge in [0.2, 0.25) is 0 Å². The third-order valence-electron chi connectivity index (χ3n) is 1.48. The minimum atomic E-state index is -1.37. The minimum absolute atomic E-state index is 0.162. The fourth-order valence-electron chi connectivity index (χ4n) is 0.699. The van der Waals surface area contributed by atoms with Crippen LogP contribution in [0.2, 0.25) is 0 Å². The number of aliphatic hydroxyl groups is 2. The van der Waals surface area contributed by atoms with Crippen molar-refractivity contribution in [2.75, 3.05) is 0 Å². The molecule has 0 heterocycles. The van der Waals surface area contributed by atoms with Crippen molar-refractivity contribution in [3.63, 3.8) is 0 Å². The number of aliphatic hydroxyl groups excluding tert-OH is 1. The summed E-state index contributed by atoms with van der Waals surface area (Å²) in [5.41, 5.74) is 0. The Hall–Kier alpha value is -0.200. The Bertz CT molecular complexity index is 160. The van der Waals surface area contributed by atoms with Crippen molar-refractivity contribution >= 4 is 15.9 Å². The highest BCUT2D eigenvalue weighted by Crippen LogP contribution is 2.24. The molecular formula is C6H12BrNO4. The van der Waals surface area contributed by atoms with Gasteiger partial charge in [-0.25, -0.2) is 0 Å². The van der Waals surface area contributed by atoms with E-state index in [1.54, 1.807) is 0 Å². The van der Waals surface area contributed by atoms with Gasteiger partial charge in [-0.05, 0) is 28.8 Å². The molecule has 0 aliphatic carbocycles. The molecule has 0 radical (unpaired) electrons. The van der Waals surface area contributed by atoms with Crippen LogP contribution in [0.25, 0.3) is 0 Å². The number of nitro groups is 1. The van der Waals surface area contributed by atoms with Gasteiger partial charge in [0.15, 0.2) is 6.29 Å². The summed E-state index contributed by atoms with van der Waals surface area (Å²) in [6.45, 7) is 1.44. The SMILES string of the molecule is CC(Br)(CCCC(O)O)[N+](=O)[O-]. The third kappa shape index (κ3) is 4.63. The molecular weight excluding hydrogens is 230 g/mol. The predicted molar refractivity (Wildman–Crippen MR) is 46.4 cm³/mol. The molecule has 0 amide bonds. The highest BCUT2D eigenvalue weighted by molar-refractivity contribution is 9.10. The fourth-order valence-corrected chi connectivity index (χ4v) is 0.979. The van der Waals surface area contributed by atoms with E-state index in [1.165, 1.54) is 6.92 Å². The number of hydrogen-bond acceptors (Lipinski definition) is 4. The maximum atomic E-state index is 10.3. The molecule has 0 rings (SSSR count). The Labute approximate surface area is 78.7 Å². The van der Waals surface area contributed by atoms with E-state index in [9.17, 15) is 10.1 Å². The zero-order chi connectivity index (χ0) is 9.78. The molecule has 2 N–H and O–H groups in total. The second kappa shape index (κ2) is 4.74. The largest absolute Gasteiger partial charge is 0.368 e. The van der Waals surface area contributed by atoms with Crippen LogP contribution >= 0.6 is 15.9 Å². The Morgan fingerprint density at radius 1 is 1.67 bits per heavy atom. The first-order chi connectivity index (χ1) is 5.36. The highest BCUT2D eigenvalue weighted by Gasteiger charge is 2.32. The molecule has 0 aliphatic rings. The van der Waals surface area contributed by atoms with E-state index in [4.69, 9.17) is 10.2 Å². The topological polar surface area (TPSA) is 83.6 Å². The molecule has 5 nitrogen and oxygen atoms in total. The molecule has 1 unspecified atom stereocenters. The van der Waals surface area contributed by atoms with E-state index in [0.29, 0.717) is 6.42 Å². The average molecular weight is 242 g/mol. The van der Waals surface area contributed by atoms with Gasteiger partial charge in [-0.3, -0.25) is 10.1 Å². The normalized spacial score (nSPS) is 16.1. The van der Waals surface area contributed by atoms with Gasteiger partial charge in [-0.15, -0.1) is 0 Å². The molecule has 0 spiro atoms. The molecule has 6 heteroatoms. The van der Waals surface area contributed by atoms with Gasteiger partial charge in [0.05, 0.1) is 0 Å². The summed E-state index contributed by atoms with van der Waals surface area (Å²) < 4.78 is -1.15. The molecule has 0 aromatic carbocycles. The van der Waals surface area contributed by atoms with Crippen LogP contribution in [0, 0.1) is 10.1 Å². The first-order valence-corrected chi connectivity index (χ1v) is 4.35. The summed E-state index contributed by atoms with van der Waals surface area (Å²) in [7, 11) is 0. The van der Waals surface area contributed by atoms with Crippen LogP contribution in [0.1, 0.15) is 26.2 Å². The van der Waals surface area contributed by atoms with Gasteiger partial charge in [0.1, 0.15) is 0 Å². The third-order valence-corrected chi connectivity index (χ3v) is 2.16. The molecule has 0 fully saturated rings. The second-order valence-electron chi connectivity index (χ2n) is 2.77. The van der Waals surface area contributed by atoms with E-state index in [1.807, 2.05) is 0 Å². The van der Waals surface area contributed by atoms with Crippen molar-refractivity contribution in [3.8, 4) is 0 Å². The summed E-state index contributed by atoms with van der Waals surface area (Å²) >= 11 is 2.93. The summed E-state index contributed by atoms with van der Waals surface area (Å²) in [5, 5.41) is 27.2. The molecule has 72 valence electrons. The Kier molecular flexibility index (Phi) is 4.66. The molecule has 0 saturated carbocycles. The first kappa shape index (κ1) is 11.8. The van der Waals surface area contributed by atoms with Crippen molar-refractivity contribution in [1.29, 1.82) is 0 Å². The Morgan fingerprint density at radius 2 is 2.17 bits per heavy atom. The van der Waals surface area contributed by atoms with Crippen LogP contribution in [-0.2, 0) is 0 Å². The Balaban J connectivity index is 3.69. The van der Waals surface area contributed by atoms with E-state index in [0.717, 1.165) is 0 Å². The van der Waals surface area contributed by atoms with Gasteiger partial charge in [0.25, 0.3) is 4.45 Å². The quantitative estimate of drug-likeness (QED) is 0.246. The van der Waals surface area contributed by atoms with Crippen LogP contribution in [0.3, 0.4) is 0 Å². The molecule has 0 bridgehead atoms. The Morgan fingerprint density at radius 3 is 2.50 bits per heavy atom. The van der Waals surface area contributed by atoms with Crippen molar-refractivity contribution in [1.82, 2.24) is 0 Å². The van der Waals surface area contributed by atoms with Crippen molar-refractivity contribution in [2.24, 2.45) is 0 Å². The van der Waals surface area contributed by atoms with Gasteiger partial charge >= 0.3 is 0 Å². The van der Waals surface area contributed by atoms with E-state index in [-0.39, 0.29) is 12.8 Å². The minimum Gasteiger partial charge on any atom is -0.368 e. The van der Waals surface area contributed by atoms with Crippen molar-refractivity contribution < 1.29 is 15.1 Å². The smallest absolute Gasteiger partial charge is 0.271 e. The van der Waals surface area contributed by atoms with E-state index < -0.39 is 15.7 Å². The summed E-state index contributed by atoms with van der Waals surface area (Å²) in [4.78, 5) is 9.90. The van der Waals surface area contributed by atoms with Crippen LogP contribution in [-0.4, -0.2) is 25.9 Å². The lowest BCUT2D eigenvalue weighted by Crippen LogP contribution is -2.27. The number of rotatable bonds is 5. The highest BCUT2D eigenvalue weighted by atomic mass is 79.9. The van der Waals surface area contributed by atoms with Crippen LogP contribution in [0.5, 0.6) is 0 Å². The van der Waals surface area contributed by atoms with Gasteiger partial charge < -0.3 is 10.2 Å². The fraction of sp³-hybridized carbons (Fsp3) is 1.00. The predicted octanol–water partition coefficient (Wildman–Crippen LogP) is 0.855. The van der Waals surface area contributed by atoms with Crippen LogP contribution in [0.4, 0.5) is 0 Å². The molecule has 0 aromatic rings. The number of hydrogen-bond donors (Lipinski definition) is 2. The molecule has 1 atom stereocenters. The molecule has 0 aliphatic heterocycles. The second-order valence-corrected chi connectivity index (χ2v) is 4.48. The van der Waals surface area contributed by atoms with E-state index >= 15 is 0 Å². The summed E-state index contributed by atoms with van der Waals surface area (Å²) in [6, 6.07) is 0. The standard InChI is InChI=1S/C6H12BrNO4/c1-6(7,8(11)12)4-2-3-5(9)10/h5,9-10H,2-4H2,1H3. The van der Waals surface area contributed by atoms with Crippen LogP contribution < -0.4 is 0 Å². The van der Waals surface area contributed by atoms with Gasteiger partial charge in [-0.1, -0.05) is 0 Å². The molecule has 12 heavy (non-hydrogen) atoms. The lowest BCUT2D eigenvalue weighted by Gasteiger charge is -2.13. The summed E-state index contributed by atoms with van der Waals surface area (Å²) in [5.74, 6) is 0. The lowest BCUT2D eigenvalue weighted by atomic mass is 10.1. The van der Waals surface area contributed by atoms with E-state index in [2.05, 4.69) is 15.9 Å². The van der Waals surface area contributed by atoms with Crippen LogP contribution in [0.15, 0.2) is 0 Å². The zero-order valence-corrected chi connectivity index (χ0v) is 8.32. The van der Waals surface area contributed by atoms with Gasteiger partial charge in [-0.2, -0.15) is 0 Å². The summed E-state index contributed by atoms with van der Waals surface area (Å²) in [6.07, 6.45) is -0.535. The monoisotopic (exact) mass is 241 g/mol. The van der Waals surface area contributed by atoms with Crippen molar-refractivity contribution in [3.05, 3.63) is 10.1 Å². The molecule has 0 aromatic heterocycles. The lowest BCUT2D eigenvalue weighted by molar-refractivity contribution is -0.532. The molecule has 0 saturated heterocycles. The number of alkyl halides is 1. The zero-order valence-electron chi connectivity index (χ0n) is 6.73. The first-order valence-electron chi connectivity index (χ1n) is 3.56. The number of nitrogens with zero attached hydrogens (tertiary/aromatic N) is 1.